The molecule has 2 aliphatic carbocycles. The molecule has 4 saturated heterocycles. The number of aliphatic hydroxyl groups is 1. The van der Waals surface area contributed by atoms with Crippen molar-refractivity contribution < 1.29 is 57.5 Å². The molecule has 4 amide bonds. The summed E-state index contributed by atoms with van der Waals surface area (Å²) in [5, 5.41) is 40.1. The van der Waals surface area contributed by atoms with Gasteiger partial charge < -0.3 is 78.5 Å². The fourth-order valence-electron chi connectivity index (χ4n) is 17.5. The number of rotatable bonds is 41. The third kappa shape index (κ3) is 24.2. The van der Waals surface area contributed by atoms with Gasteiger partial charge in [-0.25, -0.2) is 0 Å². The molecule has 1 unspecified atom stereocenters. The Morgan fingerprint density at radius 3 is 1.61 bits per heavy atom. The van der Waals surface area contributed by atoms with Gasteiger partial charge in [0.25, 0.3) is 11.8 Å². The Labute approximate surface area is 723 Å². The Kier molecular flexibility index (Phi) is 30.1. The molecule has 123 heavy (non-hydrogen) atoms. The van der Waals surface area contributed by atoms with Crippen LogP contribution in [0.25, 0.3) is 21.8 Å². The standard InChI is InChI=1S/C94H130N14O14Si/c1-66(2)107(86(113)31-51-117-49-29-68-11-9-13-72(55-68)59-101-41-33-93(34-42-101)64-103(47-53-120-93)90(115)78-27-39-105(99-78)61-70-15-16-70)45-37-95-57-81(110)74-20-24-82(89-76(74)21-25-85(112)98-89)119-63-67(3)108(46-38-96-58-83(122-123(7,8)92(4,5)6)75-19-23-80(109)88-77(75)22-26-84(111)97-88)87(114)32-52-118-50-30-69-12-10-14-73(56-69)60-102-43-35-94(36-44-102)65-104(48-54-121-94)91(116)79-28-40-106(100-79)62-71-17-18-71/h9-14,19-28,39-40,55-56,66-67,70-71,81,83,95-96,109-110H,15-18,29-38,41-54,57-65H2,1-8H3,(H,97,111)(H,98,112)/t67?,81-,83-/m0/s1. The molecule has 29 heteroatoms. The van der Waals surface area contributed by atoms with Gasteiger partial charge in [0.1, 0.15) is 29.5 Å². The van der Waals surface area contributed by atoms with Crippen LogP contribution in [0.1, 0.15) is 172 Å². The number of H-pyrrole nitrogens is 2. The lowest BCUT2D eigenvalue weighted by Gasteiger charge is -2.47. The number of hydrogen-bond donors (Lipinski definition) is 6. The number of phenolic OH excluding ortho intramolecular Hbond substituents is 1. The van der Waals surface area contributed by atoms with E-state index in [4.69, 9.17) is 28.1 Å². The van der Waals surface area contributed by atoms with Crippen molar-refractivity contribution in [3.63, 3.8) is 0 Å². The van der Waals surface area contributed by atoms with Crippen LogP contribution in [-0.4, -0.2) is 262 Å². The minimum absolute atomic E-state index is 0.00917. The normalized spacial score (nSPS) is 17.9. The molecule has 28 nitrogen and oxygen atoms in total. The molecule has 4 aromatic heterocycles. The predicted octanol–water partition coefficient (Wildman–Crippen LogP) is 10.4. The number of benzene rings is 4. The number of likely N-dealkylation sites (tertiary alicyclic amines) is 2. The number of aromatic hydroxyl groups is 1. The Hall–Kier alpha value is -8.98. The zero-order valence-corrected chi connectivity index (χ0v) is 74.4. The lowest BCUT2D eigenvalue weighted by molar-refractivity contribution is -0.135. The van der Waals surface area contributed by atoms with Crippen LogP contribution in [0.2, 0.25) is 18.1 Å². The topological polar surface area (TPSA) is 309 Å². The van der Waals surface area contributed by atoms with Gasteiger partial charge in [-0.15, -0.1) is 0 Å². The summed E-state index contributed by atoms with van der Waals surface area (Å²) in [6.07, 6.45) is 12.4. The molecule has 4 aliphatic heterocycles. The van der Waals surface area contributed by atoms with Gasteiger partial charge in [0.05, 0.1) is 106 Å². The van der Waals surface area contributed by atoms with Gasteiger partial charge in [-0.05, 0) is 185 Å². The molecule has 6 aliphatic rings. The number of amides is 4. The third-order valence-corrected chi connectivity index (χ3v) is 30.6. The maximum absolute atomic E-state index is 14.7. The quantitative estimate of drug-likeness (QED) is 0.0153. The Bertz CT molecular complexity index is 5020. The summed E-state index contributed by atoms with van der Waals surface area (Å²) in [5.74, 6) is 1.51. The second-order valence-electron chi connectivity index (χ2n) is 36.9. The van der Waals surface area contributed by atoms with Crippen LogP contribution in [0.5, 0.6) is 11.5 Å². The molecular weight excluding hydrogens is 1580 g/mol. The number of hydrogen-bond acceptors (Lipinski definition) is 20. The number of aromatic amines is 2. The highest BCUT2D eigenvalue weighted by Crippen LogP contribution is 2.42. The van der Waals surface area contributed by atoms with Crippen molar-refractivity contribution in [2.24, 2.45) is 11.8 Å². The summed E-state index contributed by atoms with van der Waals surface area (Å²) in [6.45, 7) is 30.4. The first-order valence-corrected chi connectivity index (χ1v) is 47.8. The van der Waals surface area contributed by atoms with E-state index >= 15 is 0 Å². The number of piperidine rings is 2. The molecule has 0 bridgehead atoms. The first-order chi connectivity index (χ1) is 59.2. The van der Waals surface area contributed by atoms with Crippen molar-refractivity contribution in [1.29, 1.82) is 0 Å². The SMILES string of the molecule is CC(C)N(CCNC[C@H](O)c1ccc(OCC(C)N(CCNC[C@H](O[Si](C)(C)C(C)(C)C)c2ccc(O)c3[nH]c(=O)ccc23)C(=O)CCOCCc2cccc(CN3CCC4(CC3)CN(C(=O)c3ccn(CC5CC5)n3)CCO4)c2)c2[nH]c(=O)ccc12)C(=O)CCOCCc1cccc(CN2CCC3(CC2)CN(C(=O)c2ccn(CC4CC4)n2)CCO3)c1. The maximum atomic E-state index is 14.7. The van der Waals surface area contributed by atoms with Crippen LogP contribution in [-0.2, 0) is 72.0 Å². The lowest BCUT2D eigenvalue weighted by Crippen LogP contribution is -2.58. The van der Waals surface area contributed by atoms with E-state index in [1.165, 1.54) is 54.5 Å². The molecule has 664 valence electrons. The average Bonchev–Trinajstić information content (AvgIpc) is 1.77. The Morgan fingerprint density at radius 2 is 1.09 bits per heavy atom. The second-order valence-corrected chi connectivity index (χ2v) is 41.7. The minimum atomic E-state index is -2.43. The number of carbonyl (C=O) groups excluding carboxylic acids is 4. The summed E-state index contributed by atoms with van der Waals surface area (Å²) in [4.78, 5) is 99.4. The monoisotopic (exact) mass is 1710 g/mol. The number of aromatic nitrogens is 6. The molecule has 6 N–H and O–H groups in total. The van der Waals surface area contributed by atoms with Crippen LogP contribution in [0, 0.1) is 11.8 Å². The fraction of sp³-hybridized carbons (Fsp3) is 0.574. The zero-order chi connectivity index (χ0) is 86.4. The van der Waals surface area contributed by atoms with Crippen molar-refractivity contribution in [1.82, 2.24) is 69.6 Å². The summed E-state index contributed by atoms with van der Waals surface area (Å²) in [6, 6.07) is 33.6. The van der Waals surface area contributed by atoms with Crippen molar-refractivity contribution in [3.8, 4) is 11.5 Å². The third-order valence-electron chi connectivity index (χ3n) is 26.1. The number of phenols is 1. The Balaban J connectivity index is 0.541. The number of carbonyl (C=O) groups is 4. The number of morpholine rings is 2. The van der Waals surface area contributed by atoms with Gasteiger partial charge in [-0.2, -0.15) is 10.2 Å². The average molecular weight is 1710 g/mol. The number of nitrogens with zero attached hydrogens (tertiary/aromatic N) is 10. The van der Waals surface area contributed by atoms with E-state index in [9.17, 15) is 39.0 Å². The van der Waals surface area contributed by atoms with E-state index in [0.717, 1.165) is 89.2 Å². The molecule has 4 aromatic carbocycles. The van der Waals surface area contributed by atoms with Crippen LogP contribution in [0.4, 0.5) is 0 Å². The number of aliphatic hydroxyl groups excluding tert-OH is 1. The first-order valence-electron chi connectivity index (χ1n) is 44.9. The van der Waals surface area contributed by atoms with Crippen molar-refractivity contribution in [2.45, 2.75) is 198 Å². The molecule has 3 atom stereocenters. The maximum Gasteiger partial charge on any atom is 0.274 e. The summed E-state index contributed by atoms with van der Waals surface area (Å²) in [5.41, 5.74) is 6.50. The van der Waals surface area contributed by atoms with Gasteiger partial charge in [0, 0.05) is 146 Å². The largest absolute Gasteiger partial charge is 0.506 e. The van der Waals surface area contributed by atoms with Crippen molar-refractivity contribution >= 4 is 53.8 Å². The highest BCUT2D eigenvalue weighted by Gasteiger charge is 2.45. The van der Waals surface area contributed by atoms with Gasteiger partial charge in [0.2, 0.25) is 22.9 Å². The van der Waals surface area contributed by atoms with Gasteiger partial charge in [0.15, 0.2) is 8.32 Å². The van der Waals surface area contributed by atoms with Gasteiger partial charge in [-0.3, -0.25) is 47.9 Å². The highest BCUT2D eigenvalue weighted by molar-refractivity contribution is 6.74. The van der Waals surface area contributed by atoms with E-state index in [-0.39, 0.29) is 102 Å². The van der Waals surface area contributed by atoms with E-state index in [2.05, 4.69) is 123 Å². The van der Waals surface area contributed by atoms with Crippen LogP contribution >= 0.6 is 0 Å². The minimum Gasteiger partial charge on any atom is -0.506 e. The summed E-state index contributed by atoms with van der Waals surface area (Å²) in [7, 11) is -2.43. The number of nitrogens with one attached hydrogen (secondary N) is 4. The molecule has 2 saturated carbocycles. The van der Waals surface area contributed by atoms with Crippen LogP contribution < -0.4 is 26.5 Å². The zero-order valence-electron chi connectivity index (χ0n) is 73.4. The van der Waals surface area contributed by atoms with E-state index in [1.54, 1.807) is 35.2 Å². The molecule has 8 aromatic rings. The van der Waals surface area contributed by atoms with Gasteiger partial charge in [-0.1, -0.05) is 81.4 Å². The van der Waals surface area contributed by atoms with Crippen molar-refractivity contribution in [2.75, 3.05) is 138 Å². The second kappa shape index (κ2) is 41.0. The first kappa shape index (κ1) is 90.3. The van der Waals surface area contributed by atoms with Crippen LogP contribution in [0.3, 0.4) is 0 Å². The molecular formula is C94H130N14O14Si. The number of ether oxygens (including phenoxy) is 5. The van der Waals surface area contributed by atoms with Gasteiger partial charge >= 0.3 is 0 Å². The molecule has 8 heterocycles. The molecule has 0 radical (unpaired) electrons. The van der Waals surface area contributed by atoms with Crippen molar-refractivity contribution in [3.05, 3.63) is 187 Å². The van der Waals surface area contributed by atoms with E-state index in [0.29, 0.717) is 155 Å². The van der Waals surface area contributed by atoms with E-state index in [1.807, 2.05) is 75.4 Å². The lowest BCUT2D eigenvalue weighted by atomic mass is 9.89. The highest BCUT2D eigenvalue weighted by atomic mass is 28.4. The Morgan fingerprint density at radius 1 is 0.602 bits per heavy atom. The smallest absolute Gasteiger partial charge is 0.274 e. The van der Waals surface area contributed by atoms with Crippen LogP contribution in [0.15, 0.2) is 131 Å². The number of fused-ring (bicyclic) bond motifs is 2. The van der Waals surface area contributed by atoms with E-state index < -0.39 is 26.6 Å². The molecule has 14 rings (SSSR count). The summed E-state index contributed by atoms with van der Waals surface area (Å²) >= 11 is 0. The fourth-order valence-corrected chi connectivity index (χ4v) is 18.7. The molecule has 2 spiro atoms. The predicted molar refractivity (Wildman–Crippen MR) is 475 cm³/mol. The molecule has 6 fully saturated rings. The number of pyridine rings is 2. The summed E-state index contributed by atoms with van der Waals surface area (Å²) < 4.78 is 42.8.